The van der Waals surface area contributed by atoms with Crippen LogP contribution in [0.15, 0.2) is 43.0 Å². The third-order valence-electron chi connectivity index (χ3n) is 5.24. The predicted molar refractivity (Wildman–Crippen MR) is 108 cm³/mol. The highest BCUT2D eigenvalue weighted by atomic mass is 35.5. The third kappa shape index (κ3) is 4.15. The second-order valence-corrected chi connectivity index (χ2v) is 7.58. The zero-order valence-electron chi connectivity index (χ0n) is 15.6. The van der Waals surface area contributed by atoms with Crippen LogP contribution in [0.4, 0.5) is 0 Å². The molecule has 0 spiro atoms. The summed E-state index contributed by atoms with van der Waals surface area (Å²) in [5.41, 5.74) is 4.40. The molecular weight excluding hydrogens is 380 g/mol. The Kier molecular flexibility index (Phi) is 6.55. The normalized spacial score (nSPS) is 27.6. The molecule has 5 atom stereocenters. The van der Waals surface area contributed by atoms with E-state index in [4.69, 9.17) is 16.3 Å². The number of benzene rings is 2. The lowest BCUT2D eigenvalue weighted by atomic mass is 9.88. The lowest BCUT2D eigenvalue weighted by Gasteiger charge is -2.40. The molecule has 150 valence electrons. The molecule has 5 unspecified atom stereocenters. The van der Waals surface area contributed by atoms with Crippen LogP contribution in [0.5, 0.6) is 0 Å². The van der Waals surface area contributed by atoms with E-state index in [0.717, 1.165) is 22.3 Å². The first-order valence-corrected chi connectivity index (χ1v) is 9.54. The van der Waals surface area contributed by atoms with Crippen LogP contribution in [-0.4, -0.2) is 51.4 Å². The van der Waals surface area contributed by atoms with Crippen molar-refractivity contribution in [3.8, 4) is 0 Å². The quantitative estimate of drug-likeness (QED) is 0.614. The number of hydrogen-bond donors (Lipinski definition) is 4. The highest BCUT2D eigenvalue weighted by Crippen LogP contribution is 2.36. The number of rotatable bonds is 5. The number of aliphatic hydroxyl groups excluding tert-OH is 4. The summed E-state index contributed by atoms with van der Waals surface area (Å²) in [4.78, 5) is 0. The summed E-state index contributed by atoms with van der Waals surface area (Å²) in [5, 5.41) is 40.6. The zero-order chi connectivity index (χ0) is 20.4. The smallest absolute Gasteiger partial charge is 0.113 e. The molecule has 0 radical (unpaired) electrons. The first kappa shape index (κ1) is 21.0. The van der Waals surface area contributed by atoms with Gasteiger partial charge in [0.2, 0.25) is 0 Å². The number of aliphatic hydroxyl groups is 4. The van der Waals surface area contributed by atoms with Gasteiger partial charge in [0.15, 0.2) is 0 Å². The molecule has 2 aromatic rings. The van der Waals surface area contributed by atoms with Crippen LogP contribution < -0.4 is 0 Å². The van der Waals surface area contributed by atoms with E-state index in [9.17, 15) is 20.4 Å². The van der Waals surface area contributed by atoms with Gasteiger partial charge in [-0.05, 0) is 47.2 Å². The largest absolute Gasteiger partial charge is 0.394 e. The molecule has 1 aliphatic heterocycles. The first-order valence-electron chi connectivity index (χ1n) is 9.16. The minimum Gasteiger partial charge on any atom is -0.394 e. The molecule has 0 bridgehead atoms. The number of hydrogen-bond acceptors (Lipinski definition) is 5. The molecule has 0 amide bonds. The van der Waals surface area contributed by atoms with Gasteiger partial charge in [-0.25, -0.2) is 0 Å². The van der Waals surface area contributed by atoms with Crippen molar-refractivity contribution in [2.45, 2.75) is 43.9 Å². The molecule has 5 nitrogen and oxygen atoms in total. The van der Waals surface area contributed by atoms with Crippen molar-refractivity contribution in [2.75, 3.05) is 6.61 Å². The van der Waals surface area contributed by atoms with Gasteiger partial charge in [0.25, 0.3) is 0 Å². The van der Waals surface area contributed by atoms with Crippen molar-refractivity contribution in [3.05, 3.63) is 75.8 Å². The molecule has 6 heteroatoms. The van der Waals surface area contributed by atoms with E-state index in [-0.39, 0.29) is 0 Å². The summed E-state index contributed by atoms with van der Waals surface area (Å²) in [6.07, 6.45) is -3.59. The molecule has 0 aromatic heterocycles. The monoisotopic (exact) mass is 404 g/mol. The Hall–Kier alpha value is -1.73. The molecule has 1 heterocycles. The first-order chi connectivity index (χ1) is 13.3. The van der Waals surface area contributed by atoms with Crippen LogP contribution in [0.2, 0.25) is 5.02 Å². The fourth-order valence-electron chi connectivity index (χ4n) is 3.53. The van der Waals surface area contributed by atoms with Crippen LogP contribution in [0, 0.1) is 6.92 Å². The summed E-state index contributed by atoms with van der Waals surface area (Å²) in [6, 6.07) is 11.6. The minimum atomic E-state index is -1.42. The lowest BCUT2D eigenvalue weighted by Crippen LogP contribution is -2.55. The number of ether oxygens (including phenoxy) is 1. The summed E-state index contributed by atoms with van der Waals surface area (Å²) in [6.45, 7) is 5.13. The summed E-state index contributed by atoms with van der Waals surface area (Å²) < 4.78 is 5.71. The second-order valence-electron chi connectivity index (χ2n) is 7.17. The zero-order valence-corrected chi connectivity index (χ0v) is 16.4. The summed E-state index contributed by atoms with van der Waals surface area (Å²) in [5.74, 6) is 0. The molecule has 0 aliphatic carbocycles. The lowest BCUT2D eigenvalue weighted by molar-refractivity contribution is -0.231. The average molecular weight is 405 g/mol. The van der Waals surface area contributed by atoms with Gasteiger partial charge in [-0.3, -0.25) is 0 Å². The van der Waals surface area contributed by atoms with Gasteiger partial charge in [-0.15, -0.1) is 0 Å². The topological polar surface area (TPSA) is 90.2 Å². The van der Waals surface area contributed by atoms with Crippen molar-refractivity contribution in [1.82, 2.24) is 0 Å². The van der Waals surface area contributed by atoms with Gasteiger partial charge in [-0.2, -0.15) is 0 Å². The Bertz CT molecular complexity index is 834. The van der Waals surface area contributed by atoms with E-state index in [1.54, 1.807) is 12.1 Å². The fraction of sp³-hybridized carbons (Fsp3) is 0.364. The fourth-order valence-corrected chi connectivity index (χ4v) is 3.81. The summed E-state index contributed by atoms with van der Waals surface area (Å²) in [7, 11) is 0. The van der Waals surface area contributed by atoms with Crippen LogP contribution >= 0.6 is 11.6 Å². The molecule has 1 saturated heterocycles. The van der Waals surface area contributed by atoms with E-state index in [2.05, 4.69) is 6.58 Å². The Balaban J connectivity index is 1.93. The van der Waals surface area contributed by atoms with Crippen LogP contribution in [0.3, 0.4) is 0 Å². The van der Waals surface area contributed by atoms with Gasteiger partial charge >= 0.3 is 0 Å². The number of aryl methyl sites for hydroxylation is 1. The molecule has 0 saturated carbocycles. The number of halogens is 1. The van der Waals surface area contributed by atoms with Gasteiger partial charge < -0.3 is 25.2 Å². The van der Waals surface area contributed by atoms with Crippen LogP contribution in [-0.2, 0) is 11.2 Å². The van der Waals surface area contributed by atoms with Gasteiger partial charge in [0.05, 0.1) is 6.61 Å². The maximum Gasteiger partial charge on any atom is 0.113 e. The van der Waals surface area contributed by atoms with Crippen molar-refractivity contribution >= 4 is 17.7 Å². The van der Waals surface area contributed by atoms with E-state index in [1.807, 2.05) is 37.3 Å². The van der Waals surface area contributed by atoms with Crippen molar-refractivity contribution < 1.29 is 25.2 Å². The third-order valence-corrected chi connectivity index (χ3v) is 5.60. The van der Waals surface area contributed by atoms with Crippen molar-refractivity contribution in [2.24, 2.45) is 0 Å². The highest BCUT2D eigenvalue weighted by Gasteiger charge is 2.44. The highest BCUT2D eigenvalue weighted by molar-refractivity contribution is 6.31. The van der Waals surface area contributed by atoms with E-state index in [1.165, 1.54) is 0 Å². The maximum absolute atomic E-state index is 10.4. The molecule has 4 N–H and O–H groups in total. The van der Waals surface area contributed by atoms with E-state index < -0.39 is 37.1 Å². The SMILES string of the molecule is C=Cc1ccc(Cc2cc(C3OC(CO)C(O)C(O)C3O)c(C)cc2Cl)cc1. The predicted octanol–water partition coefficient (Wildman–Crippen LogP) is 2.40. The second kappa shape index (κ2) is 8.74. The van der Waals surface area contributed by atoms with Crippen LogP contribution in [0.25, 0.3) is 6.08 Å². The Labute approximate surface area is 169 Å². The average Bonchev–Trinajstić information content (AvgIpc) is 2.69. The molecule has 1 aliphatic rings. The molecule has 1 fully saturated rings. The Morgan fingerprint density at radius 1 is 1.07 bits per heavy atom. The Morgan fingerprint density at radius 3 is 2.36 bits per heavy atom. The summed E-state index contributed by atoms with van der Waals surface area (Å²) >= 11 is 6.44. The standard InChI is InChI=1S/C22H25ClO5/c1-3-13-4-6-14(7-5-13)9-15-10-16(12(2)8-17(15)23)22-21(27)20(26)19(25)18(11-24)28-22/h3-8,10,18-22,24-27H,1,9,11H2,2H3. The van der Waals surface area contributed by atoms with Crippen molar-refractivity contribution in [1.29, 1.82) is 0 Å². The van der Waals surface area contributed by atoms with Gasteiger partial charge in [-0.1, -0.05) is 54.6 Å². The van der Waals surface area contributed by atoms with Crippen molar-refractivity contribution in [3.63, 3.8) is 0 Å². The van der Waals surface area contributed by atoms with E-state index >= 15 is 0 Å². The van der Waals surface area contributed by atoms with Gasteiger partial charge in [0, 0.05) is 5.02 Å². The van der Waals surface area contributed by atoms with Crippen LogP contribution in [0.1, 0.15) is 33.9 Å². The Morgan fingerprint density at radius 2 is 1.75 bits per heavy atom. The molecule has 2 aromatic carbocycles. The maximum atomic E-state index is 10.4. The van der Waals surface area contributed by atoms with E-state index in [0.29, 0.717) is 17.0 Å². The molecule has 28 heavy (non-hydrogen) atoms. The molecular formula is C22H25ClO5. The molecule has 3 rings (SSSR count). The van der Waals surface area contributed by atoms with Gasteiger partial charge in [0.1, 0.15) is 30.5 Å². The minimum absolute atomic E-state index is 0.462.